The van der Waals surface area contributed by atoms with Crippen molar-refractivity contribution < 1.29 is 38.1 Å². The molecule has 3 amide bonds. The Kier molecular flexibility index (Phi) is 12.2. The van der Waals surface area contributed by atoms with Crippen molar-refractivity contribution in [3.05, 3.63) is 113 Å². The topological polar surface area (TPSA) is 141 Å². The largest absolute Gasteiger partial charge is 0.493 e. The van der Waals surface area contributed by atoms with Crippen molar-refractivity contribution in [3.8, 4) is 17.2 Å². The van der Waals surface area contributed by atoms with Crippen molar-refractivity contribution in [2.45, 2.75) is 17.1 Å². The van der Waals surface area contributed by atoms with Gasteiger partial charge >= 0.3 is 5.97 Å². The zero-order valence-corrected chi connectivity index (χ0v) is 27.8. The summed E-state index contributed by atoms with van der Waals surface area (Å²) in [7, 11) is 5.71. The Morgan fingerprint density at radius 1 is 0.750 bits per heavy atom. The van der Waals surface area contributed by atoms with E-state index in [-0.39, 0.29) is 17.2 Å². The van der Waals surface area contributed by atoms with Crippen molar-refractivity contribution in [2.75, 3.05) is 39.1 Å². The number of amides is 3. The van der Waals surface area contributed by atoms with E-state index in [2.05, 4.69) is 16.0 Å². The molecule has 0 aliphatic rings. The zero-order chi connectivity index (χ0) is 34.6. The number of para-hydroxylation sites is 1. The molecule has 1 unspecified atom stereocenters. The minimum Gasteiger partial charge on any atom is -0.493 e. The Morgan fingerprint density at radius 2 is 1.42 bits per heavy atom. The van der Waals surface area contributed by atoms with Gasteiger partial charge in [-0.2, -0.15) is 0 Å². The summed E-state index contributed by atoms with van der Waals surface area (Å²) in [6, 6.07) is 25.3. The number of hydrogen-bond acceptors (Lipinski definition) is 9. The maximum Gasteiger partial charge on any atom is 0.339 e. The molecule has 0 spiro atoms. The Hall–Kier alpha value is -5.75. The number of methoxy groups -OCH3 is 4. The van der Waals surface area contributed by atoms with Crippen molar-refractivity contribution in [2.24, 2.45) is 0 Å². The minimum atomic E-state index is -0.597. The molecule has 4 rings (SSSR count). The number of rotatable bonds is 13. The number of nitrogens with one attached hydrogen (secondary N) is 3. The van der Waals surface area contributed by atoms with Crippen molar-refractivity contribution in [1.82, 2.24) is 5.32 Å². The van der Waals surface area contributed by atoms with Crippen LogP contribution in [0.1, 0.15) is 33.2 Å². The van der Waals surface area contributed by atoms with Gasteiger partial charge in [-0.15, -0.1) is 11.8 Å². The number of hydrogen-bond donors (Lipinski definition) is 3. The van der Waals surface area contributed by atoms with Crippen LogP contribution in [0.5, 0.6) is 17.2 Å². The smallest absolute Gasteiger partial charge is 0.339 e. The van der Waals surface area contributed by atoms with Crippen LogP contribution >= 0.6 is 11.8 Å². The number of esters is 1. The van der Waals surface area contributed by atoms with E-state index in [4.69, 9.17) is 18.9 Å². The summed E-state index contributed by atoms with van der Waals surface area (Å²) in [5, 5.41) is 7.76. The van der Waals surface area contributed by atoms with Gasteiger partial charge in [0.25, 0.3) is 11.8 Å². The second kappa shape index (κ2) is 16.7. The first kappa shape index (κ1) is 35.1. The molecule has 0 aliphatic carbocycles. The molecular formula is C36H35N3O8S. The van der Waals surface area contributed by atoms with E-state index in [0.717, 1.165) is 0 Å². The van der Waals surface area contributed by atoms with Crippen LogP contribution < -0.4 is 30.2 Å². The van der Waals surface area contributed by atoms with Gasteiger partial charge in [0.05, 0.1) is 44.9 Å². The molecule has 0 saturated carbocycles. The van der Waals surface area contributed by atoms with Gasteiger partial charge in [-0.25, -0.2) is 4.79 Å². The highest BCUT2D eigenvalue weighted by atomic mass is 32.2. The van der Waals surface area contributed by atoms with Crippen LogP contribution in [0.4, 0.5) is 11.4 Å². The van der Waals surface area contributed by atoms with Crippen LogP contribution in [0.2, 0.25) is 0 Å². The Morgan fingerprint density at radius 3 is 2.06 bits per heavy atom. The first-order chi connectivity index (χ1) is 23.2. The van der Waals surface area contributed by atoms with Crippen LogP contribution in [-0.4, -0.2) is 57.4 Å². The normalized spacial score (nSPS) is 11.5. The molecular weight excluding hydrogens is 634 g/mol. The van der Waals surface area contributed by atoms with Crippen LogP contribution in [0.3, 0.4) is 0 Å². The second-order valence-electron chi connectivity index (χ2n) is 10.1. The van der Waals surface area contributed by atoms with Gasteiger partial charge in [-0.3, -0.25) is 14.4 Å². The molecule has 0 heterocycles. The lowest BCUT2D eigenvalue weighted by Crippen LogP contribution is -2.30. The van der Waals surface area contributed by atoms with Crippen molar-refractivity contribution in [1.29, 1.82) is 0 Å². The third-order valence-electron chi connectivity index (χ3n) is 6.89. The molecule has 0 saturated heterocycles. The van der Waals surface area contributed by atoms with Gasteiger partial charge < -0.3 is 34.9 Å². The molecule has 11 nitrogen and oxygen atoms in total. The number of benzene rings is 4. The predicted octanol–water partition coefficient (Wildman–Crippen LogP) is 6.03. The van der Waals surface area contributed by atoms with E-state index >= 15 is 0 Å². The van der Waals surface area contributed by atoms with E-state index in [1.807, 2.05) is 0 Å². The summed E-state index contributed by atoms with van der Waals surface area (Å²) in [6.07, 6.45) is 1.50. The highest BCUT2D eigenvalue weighted by Crippen LogP contribution is 2.38. The fourth-order valence-corrected chi connectivity index (χ4v) is 5.44. The zero-order valence-electron chi connectivity index (χ0n) is 27.0. The van der Waals surface area contributed by atoms with E-state index in [1.165, 1.54) is 46.3 Å². The lowest BCUT2D eigenvalue weighted by molar-refractivity contribution is -0.115. The molecule has 3 N–H and O–H groups in total. The molecule has 0 aliphatic heterocycles. The first-order valence-corrected chi connectivity index (χ1v) is 15.5. The standard InChI is InChI=1S/C36H35N3O8S/c1-22(33(40)38-28-17-10-9-16-27(28)36(43)47-5)48-26-15-11-14-25(21-26)37-35(42)29(39-34(41)24-12-7-6-8-13-24)18-23-19-30(44-2)32(46-4)31(20-23)45-3/h6-22H,1-5H3,(H,37,42)(H,38,40)(H,39,41)/b29-18+. The van der Waals surface area contributed by atoms with Gasteiger partial charge in [0.1, 0.15) is 5.70 Å². The van der Waals surface area contributed by atoms with Crippen LogP contribution in [0, 0.1) is 0 Å². The van der Waals surface area contributed by atoms with Crippen LogP contribution in [0.25, 0.3) is 6.08 Å². The molecule has 0 fully saturated rings. The first-order valence-electron chi connectivity index (χ1n) is 14.6. The van der Waals surface area contributed by atoms with Crippen molar-refractivity contribution >= 4 is 52.9 Å². The lowest BCUT2D eigenvalue weighted by atomic mass is 10.1. The summed E-state index contributed by atoms with van der Waals surface area (Å²) < 4.78 is 21.1. The maximum absolute atomic E-state index is 13.7. The highest BCUT2D eigenvalue weighted by molar-refractivity contribution is 8.00. The Balaban J connectivity index is 1.56. The molecule has 12 heteroatoms. The lowest BCUT2D eigenvalue weighted by Gasteiger charge is -2.16. The second-order valence-corrected chi connectivity index (χ2v) is 11.5. The molecule has 4 aromatic carbocycles. The fourth-order valence-electron chi connectivity index (χ4n) is 4.51. The third-order valence-corrected chi connectivity index (χ3v) is 7.98. The van der Waals surface area contributed by atoms with E-state index in [0.29, 0.717) is 44.6 Å². The van der Waals surface area contributed by atoms with Gasteiger partial charge in [0, 0.05) is 16.1 Å². The van der Waals surface area contributed by atoms with Crippen LogP contribution in [-0.2, 0) is 14.3 Å². The summed E-state index contributed by atoms with van der Waals surface area (Å²) in [6.45, 7) is 1.73. The number of carbonyl (C=O) groups excluding carboxylic acids is 4. The summed E-state index contributed by atoms with van der Waals surface area (Å²) in [5.74, 6) is -0.856. The highest BCUT2D eigenvalue weighted by Gasteiger charge is 2.20. The molecule has 248 valence electrons. The summed E-state index contributed by atoms with van der Waals surface area (Å²) in [4.78, 5) is 52.6. The predicted molar refractivity (Wildman–Crippen MR) is 185 cm³/mol. The average Bonchev–Trinajstić information content (AvgIpc) is 3.11. The molecule has 0 radical (unpaired) electrons. The third kappa shape index (κ3) is 8.95. The Labute approximate surface area is 282 Å². The quantitative estimate of drug-likeness (QED) is 0.0884. The molecule has 0 aromatic heterocycles. The van der Waals surface area contributed by atoms with Gasteiger partial charge in [-0.1, -0.05) is 36.4 Å². The molecule has 48 heavy (non-hydrogen) atoms. The SMILES string of the molecule is COC(=O)c1ccccc1NC(=O)C(C)Sc1cccc(NC(=O)/C(=C\c2cc(OC)c(OC)c(OC)c2)NC(=O)c2ccccc2)c1. The molecule has 0 bridgehead atoms. The van der Waals surface area contributed by atoms with Gasteiger partial charge in [-0.05, 0) is 73.2 Å². The molecule has 4 aromatic rings. The number of carbonyl (C=O) groups is 4. The van der Waals surface area contributed by atoms with E-state index in [1.54, 1.807) is 97.9 Å². The Bertz CT molecular complexity index is 1800. The van der Waals surface area contributed by atoms with Crippen LogP contribution in [0.15, 0.2) is 102 Å². The monoisotopic (exact) mass is 669 g/mol. The number of thioether (sulfide) groups is 1. The van der Waals surface area contributed by atoms with E-state index < -0.39 is 23.0 Å². The average molecular weight is 670 g/mol. The molecule has 1 atom stereocenters. The summed E-state index contributed by atoms with van der Waals surface area (Å²) >= 11 is 1.26. The minimum absolute atomic E-state index is 0.0480. The van der Waals surface area contributed by atoms with Crippen molar-refractivity contribution in [3.63, 3.8) is 0 Å². The van der Waals surface area contributed by atoms with Gasteiger partial charge in [0.15, 0.2) is 11.5 Å². The number of anilines is 2. The van der Waals surface area contributed by atoms with Gasteiger partial charge in [0.2, 0.25) is 11.7 Å². The van der Waals surface area contributed by atoms with E-state index in [9.17, 15) is 19.2 Å². The number of ether oxygens (including phenoxy) is 4. The summed E-state index contributed by atoms with van der Waals surface area (Å²) in [5.41, 5.74) is 1.82. The maximum atomic E-state index is 13.7. The fraction of sp³-hybridized carbons (Fsp3) is 0.167.